The predicted molar refractivity (Wildman–Crippen MR) is 162 cm³/mol. The number of nitrogens with zero attached hydrogens (tertiary/aromatic N) is 6. The van der Waals surface area contributed by atoms with E-state index in [1.54, 1.807) is 18.3 Å². The molecule has 0 atom stereocenters. The minimum absolute atomic E-state index is 0.188. The number of fused-ring (bicyclic) bond motifs is 2. The number of hydrogen-bond acceptors (Lipinski definition) is 8. The number of carbonyl (C=O) groups excluding carboxylic acids is 1. The third-order valence-corrected chi connectivity index (χ3v) is 7.37. The molecular weight excluding hydrogens is 549 g/mol. The van der Waals surface area contributed by atoms with Gasteiger partial charge in [0.2, 0.25) is 12.7 Å². The van der Waals surface area contributed by atoms with E-state index in [9.17, 15) is 9.18 Å². The summed E-state index contributed by atoms with van der Waals surface area (Å²) in [4.78, 5) is 30.8. The Kier molecular flexibility index (Phi) is 7.78. The minimum atomic E-state index is -0.379. The van der Waals surface area contributed by atoms with Crippen molar-refractivity contribution in [1.82, 2.24) is 24.4 Å². The average molecular weight is 582 g/mol. The van der Waals surface area contributed by atoms with Gasteiger partial charge in [0.25, 0.3) is 5.91 Å². The van der Waals surface area contributed by atoms with Gasteiger partial charge in [-0.05, 0) is 54.4 Å². The fraction of sp³-hybridized carbons (Fsp3) is 0.250. The number of nitrogens with one attached hydrogen (secondary N) is 1. The highest BCUT2D eigenvalue weighted by Crippen LogP contribution is 2.33. The van der Waals surface area contributed by atoms with E-state index in [0.717, 1.165) is 16.9 Å². The first kappa shape index (κ1) is 28.0. The molecule has 1 N–H and O–H groups in total. The molecule has 1 amide bonds. The van der Waals surface area contributed by atoms with Crippen LogP contribution in [0.2, 0.25) is 0 Å². The number of imidazole rings is 1. The Balaban J connectivity index is 1.24. The lowest BCUT2D eigenvalue weighted by molar-refractivity contribution is 0.0798. The molecule has 0 spiro atoms. The van der Waals surface area contributed by atoms with E-state index in [1.807, 2.05) is 34.7 Å². The van der Waals surface area contributed by atoms with Crippen molar-refractivity contribution in [2.75, 3.05) is 44.2 Å². The molecule has 1 aliphatic rings. The van der Waals surface area contributed by atoms with Gasteiger partial charge >= 0.3 is 0 Å². The third-order valence-electron chi connectivity index (χ3n) is 7.37. The average Bonchev–Trinajstić information content (AvgIpc) is 3.66. The van der Waals surface area contributed by atoms with Gasteiger partial charge in [0.1, 0.15) is 5.82 Å². The number of halogens is 1. The molecule has 0 aliphatic carbocycles. The molecule has 5 aromatic rings. The zero-order valence-electron chi connectivity index (χ0n) is 24.2. The second kappa shape index (κ2) is 12.0. The zero-order valence-corrected chi connectivity index (χ0v) is 24.2. The highest BCUT2D eigenvalue weighted by atomic mass is 19.1. The molecule has 220 valence electrons. The van der Waals surface area contributed by atoms with E-state index >= 15 is 0 Å². The smallest absolute Gasteiger partial charge is 0.253 e. The molecule has 11 heteroatoms. The summed E-state index contributed by atoms with van der Waals surface area (Å²) in [7, 11) is 3.61. The van der Waals surface area contributed by atoms with Gasteiger partial charge in [-0.25, -0.2) is 9.37 Å². The van der Waals surface area contributed by atoms with Crippen molar-refractivity contribution in [1.29, 1.82) is 0 Å². The summed E-state index contributed by atoms with van der Waals surface area (Å²) >= 11 is 0. The lowest BCUT2D eigenvalue weighted by Crippen LogP contribution is -2.35. The largest absolute Gasteiger partial charge is 0.454 e. The normalized spacial score (nSPS) is 12.0. The van der Waals surface area contributed by atoms with E-state index in [-0.39, 0.29) is 18.5 Å². The van der Waals surface area contributed by atoms with Gasteiger partial charge < -0.3 is 29.2 Å². The summed E-state index contributed by atoms with van der Waals surface area (Å²) in [6.07, 6.45) is 1.78. The van der Waals surface area contributed by atoms with Crippen LogP contribution in [-0.2, 0) is 13.1 Å². The number of aryl methyl sites for hydroxylation is 1. The topological polar surface area (TPSA) is 97.6 Å². The van der Waals surface area contributed by atoms with Crippen molar-refractivity contribution in [3.63, 3.8) is 0 Å². The summed E-state index contributed by atoms with van der Waals surface area (Å²) in [5.41, 5.74) is 5.12. The molecule has 0 unspecified atom stereocenters. The number of benzene rings is 3. The van der Waals surface area contributed by atoms with Gasteiger partial charge in [0.15, 0.2) is 28.5 Å². The van der Waals surface area contributed by atoms with Gasteiger partial charge in [-0.15, -0.1) is 0 Å². The van der Waals surface area contributed by atoms with E-state index in [2.05, 4.69) is 41.5 Å². The monoisotopic (exact) mass is 581 g/mol. The maximum absolute atomic E-state index is 13.3. The van der Waals surface area contributed by atoms with Crippen molar-refractivity contribution in [3.05, 3.63) is 101 Å². The maximum atomic E-state index is 13.3. The first-order chi connectivity index (χ1) is 20.8. The fourth-order valence-electron chi connectivity index (χ4n) is 4.78. The Morgan fingerprint density at radius 1 is 0.953 bits per heavy atom. The standard InChI is InChI=1S/C32H32FN7O3/c1-21-4-6-22(7-5-21)18-40-19-35-28-29(34-17-23-8-13-26-27(16-23)43-20-42-26)36-32(37-30(28)40)39(3)15-14-38(2)31(41)24-9-11-25(33)12-10-24/h4-13,16,19H,14-15,17-18,20H2,1-3H3,(H,34,36,37). The van der Waals surface area contributed by atoms with Crippen LogP contribution in [-0.4, -0.2) is 64.3 Å². The first-order valence-electron chi connectivity index (χ1n) is 14.0. The van der Waals surface area contributed by atoms with Gasteiger partial charge in [0, 0.05) is 39.3 Å². The highest BCUT2D eigenvalue weighted by molar-refractivity contribution is 5.94. The zero-order chi connectivity index (χ0) is 29.9. The van der Waals surface area contributed by atoms with E-state index in [0.29, 0.717) is 60.4 Å². The van der Waals surface area contributed by atoms with Crippen molar-refractivity contribution in [3.8, 4) is 11.5 Å². The number of ether oxygens (including phenoxy) is 2. The van der Waals surface area contributed by atoms with E-state index in [4.69, 9.17) is 19.4 Å². The second-order valence-corrected chi connectivity index (χ2v) is 10.6. The van der Waals surface area contributed by atoms with Crippen LogP contribution in [0.3, 0.4) is 0 Å². The van der Waals surface area contributed by atoms with E-state index in [1.165, 1.54) is 29.8 Å². The molecule has 10 nitrogen and oxygen atoms in total. The van der Waals surface area contributed by atoms with Crippen LogP contribution in [0, 0.1) is 12.7 Å². The number of hydrogen-bond donors (Lipinski definition) is 1. The van der Waals surface area contributed by atoms with Gasteiger partial charge in [-0.2, -0.15) is 9.97 Å². The number of likely N-dealkylation sites (N-methyl/N-ethyl adjacent to an activating group) is 2. The van der Waals surface area contributed by atoms with Crippen molar-refractivity contribution >= 4 is 28.8 Å². The molecule has 43 heavy (non-hydrogen) atoms. The number of amides is 1. The van der Waals surface area contributed by atoms with Crippen LogP contribution < -0.4 is 19.7 Å². The fourth-order valence-corrected chi connectivity index (χ4v) is 4.78. The molecule has 0 radical (unpaired) electrons. The molecule has 0 fully saturated rings. The van der Waals surface area contributed by atoms with Crippen molar-refractivity contribution in [2.45, 2.75) is 20.0 Å². The summed E-state index contributed by atoms with van der Waals surface area (Å²) in [6, 6.07) is 19.8. The lowest BCUT2D eigenvalue weighted by Gasteiger charge is -2.23. The molecule has 6 rings (SSSR count). The summed E-state index contributed by atoms with van der Waals surface area (Å²) in [5, 5.41) is 3.44. The van der Waals surface area contributed by atoms with Gasteiger partial charge in [-0.3, -0.25) is 4.79 Å². The van der Waals surface area contributed by atoms with Crippen molar-refractivity contribution in [2.24, 2.45) is 0 Å². The Bertz CT molecular complexity index is 1760. The van der Waals surface area contributed by atoms with Crippen LogP contribution in [0.5, 0.6) is 11.5 Å². The molecular formula is C32H32FN7O3. The summed E-state index contributed by atoms with van der Waals surface area (Å²) in [6.45, 7) is 4.27. The Morgan fingerprint density at radius 2 is 1.70 bits per heavy atom. The van der Waals surface area contributed by atoms with Gasteiger partial charge in [0.05, 0.1) is 12.9 Å². The Hall–Kier alpha value is -5.19. The minimum Gasteiger partial charge on any atom is -0.454 e. The quantitative estimate of drug-likeness (QED) is 0.250. The van der Waals surface area contributed by atoms with Crippen LogP contribution in [0.4, 0.5) is 16.2 Å². The number of aromatic nitrogens is 4. The lowest BCUT2D eigenvalue weighted by atomic mass is 10.1. The summed E-state index contributed by atoms with van der Waals surface area (Å²) < 4.78 is 26.3. The van der Waals surface area contributed by atoms with E-state index < -0.39 is 0 Å². The van der Waals surface area contributed by atoms with Gasteiger partial charge in [-0.1, -0.05) is 35.9 Å². The molecule has 0 saturated carbocycles. The number of rotatable bonds is 10. The Morgan fingerprint density at radius 3 is 2.49 bits per heavy atom. The molecule has 0 bridgehead atoms. The van der Waals surface area contributed by atoms with Crippen LogP contribution >= 0.6 is 0 Å². The maximum Gasteiger partial charge on any atom is 0.253 e. The van der Waals surface area contributed by atoms with Crippen LogP contribution in [0.1, 0.15) is 27.0 Å². The molecule has 0 saturated heterocycles. The SMILES string of the molecule is Cc1ccc(Cn2cnc3c(NCc4ccc5c(c4)OCO5)nc(N(C)CCN(C)C(=O)c4ccc(F)cc4)nc32)cc1. The molecule has 3 aromatic carbocycles. The molecule has 1 aliphatic heterocycles. The molecule has 2 aromatic heterocycles. The Labute approximate surface area is 248 Å². The summed E-state index contributed by atoms with van der Waals surface area (Å²) in [5.74, 6) is 1.98. The molecule has 3 heterocycles. The third kappa shape index (κ3) is 6.20. The highest BCUT2D eigenvalue weighted by Gasteiger charge is 2.19. The predicted octanol–water partition coefficient (Wildman–Crippen LogP) is 4.87. The number of carbonyl (C=O) groups is 1. The number of anilines is 2. The first-order valence-corrected chi connectivity index (χ1v) is 14.0. The second-order valence-electron chi connectivity index (χ2n) is 10.6. The van der Waals surface area contributed by atoms with Crippen LogP contribution in [0.25, 0.3) is 11.2 Å². The van der Waals surface area contributed by atoms with Crippen molar-refractivity contribution < 1.29 is 18.7 Å². The van der Waals surface area contributed by atoms with Crippen LogP contribution in [0.15, 0.2) is 73.1 Å².